The second-order valence-corrected chi connectivity index (χ2v) is 15.5. The number of rotatable bonds is 18. The molecule has 62 heavy (non-hydrogen) atoms. The third-order valence-electron chi connectivity index (χ3n) is 8.46. The average Bonchev–Trinajstić information content (AvgIpc) is 3.24. The van der Waals surface area contributed by atoms with Crippen LogP contribution in [0, 0.1) is 0 Å². The molecule has 0 spiro atoms. The Bertz CT molecular complexity index is 2530. The van der Waals surface area contributed by atoms with Gasteiger partial charge >= 0.3 is 0 Å². The van der Waals surface area contributed by atoms with Gasteiger partial charge in [-0.2, -0.15) is 46.7 Å². The summed E-state index contributed by atoms with van der Waals surface area (Å²) in [5, 5.41) is 30.3. The van der Waals surface area contributed by atoms with Gasteiger partial charge in [0.25, 0.3) is 20.2 Å². The van der Waals surface area contributed by atoms with Crippen molar-refractivity contribution in [3.8, 4) is 0 Å². The third kappa shape index (κ3) is 13.3. The number of benzene rings is 4. The molecule has 20 nitrogen and oxygen atoms in total. The standard InChI is InChI=1S/C38H40N12O8S2.2Na/c1-49(29-9-5-3-6-10-29)37-45-33(39-19-21-51)43-35(47-37)41-27-17-15-25(31(23-27)59(53,54)55)13-14-26-16-18-28(24-32(26)60(56,57)58)42-36-44-34(40-20-22-52)46-38(48-36)50(2)30-11-7-4-8-12-30;;/h3-18,23-24,51-52H,19-22H2,1-2H3,(H,53,54,55)(H,56,57,58)(H2,39,41,43,45,47)(H2,40,42,44,46,48);;. The molecule has 6 rings (SSSR count). The van der Waals surface area contributed by atoms with Gasteiger partial charge in [0.1, 0.15) is 9.79 Å². The predicted octanol–water partition coefficient (Wildman–Crippen LogP) is 3.79. The summed E-state index contributed by atoms with van der Waals surface area (Å²) in [6.07, 6.45) is 2.51. The minimum Gasteiger partial charge on any atom is -0.395 e. The Balaban J connectivity index is 0.00000422. The van der Waals surface area contributed by atoms with E-state index >= 15 is 0 Å². The van der Waals surface area contributed by atoms with Crippen molar-refractivity contribution in [2.75, 3.05) is 71.5 Å². The van der Waals surface area contributed by atoms with Gasteiger partial charge in [0.15, 0.2) is 0 Å². The fraction of sp³-hybridized carbons (Fsp3) is 0.158. The number of aromatic nitrogens is 6. The topological polar surface area (TPSA) is 281 Å². The van der Waals surface area contributed by atoms with Crippen LogP contribution >= 0.6 is 0 Å². The molecule has 8 N–H and O–H groups in total. The van der Waals surface area contributed by atoms with Gasteiger partial charge in [-0.15, -0.1) is 0 Å². The maximum atomic E-state index is 12.6. The van der Waals surface area contributed by atoms with Gasteiger partial charge in [-0.3, -0.25) is 9.11 Å². The zero-order chi connectivity index (χ0) is 42.9. The monoisotopic (exact) mass is 902 g/mol. The zero-order valence-electron chi connectivity index (χ0n) is 34.0. The predicted molar refractivity (Wildman–Crippen MR) is 239 cm³/mol. The van der Waals surface area contributed by atoms with Crippen LogP contribution in [0.4, 0.5) is 58.4 Å². The van der Waals surface area contributed by atoms with Crippen molar-refractivity contribution >= 4 is 150 Å². The summed E-state index contributed by atoms with van der Waals surface area (Å²) in [6, 6.07) is 26.4. The van der Waals surface area contributed by atoms with Gasteiger partial charge < -0.3 is 41.3 Å². The van der Waals surface area contributed by atoms with Crippen molar-refractivity contribution in [2.24, 2.45) is 0 Å². The molecule has 0 bridgehead atoms. The molecule has 6 aromatic rings. The maximum absolute atomic E-state index is 12.6. The number of hydrogen-bond donors (Lipinski definition) is 8. The number of nitrogens with zero attached hydrogens (tertiary/aromatic N) is 8. The normalized spacial score (nSPS) is 11.3. The molecule has 2 heterocycles. The van der Waals surface area contributed by atoms with Crippen LogP contribution in [0.2, 0.25) is 0 Å². The van der Waals surface area contributed by atoms with Gasteiger partial charge in [0.2, 0.25) is 35.7 Å². The van der Waals surface area contributed by atoms with Gasteiger partial charge in [-0.25, -0.2) is 0 Å². The number of para-hydroxylation sites is 2. The van der Waals surface area contributed by atoms with E-state index < -0.39 is 30.0 Å². The number of nitrogens with one attached hydrogen (secondary N) is 4. The molecule has 0 fully saturated rings. The molecule has 0 unspecified atom stereocenters. The summed E-state index contributed by atoms with van der Waals surface area (Å²) >= 11 is 0. The van der Waals surface area contributed by atoms with Crippen LogP contribution in [-0.4, -0.2) is 166 Å². The molecule has 24 heteroatoms. The first kappa shape index (κ1) is 49.8. The van der Waals surface area contributed by atoms with Gasteiger partial charge in [0, 0.05) is 109 Å². The molecule has 2 aromatic heterocycles. The van der Waals surface area contributed by atoms with Crippen LogP contribution in [0.1, 0.15) is 11.1 Å². The molecular weight excluding hydrogens is 863 g/mol. The second kappa shape index (κ2) is 22.5. The van der Waals surface area contributed by atoms with E-state index in [1.165, 1.54) is 36.4 Å². The molecule has 0 aliphatic carbocycles. The molecule has 4 aromatic carbocycles. The largest absolute Gasteiger partial charge is 0.395 e. The molecule has 0 saturated heterocycles. The first-order valence-corrected chi connectivity index (χ1v) is 20.8. The summed E-state index contributed by atoms with van der Waals surface area (Å²) in [7, 11) is -6.24. The van der Waals surface area contributed by atoms with E-state index in [0.717, 1.165) is 23.5 Å². The molecule has 0 amide bonds. The van der Waals surface area contributed by atoms with Crippen LogP contribution in [0.15, 0.2) is 107 Å². The van der Waals surface area contributed by atoms with Crippen LogP contribution in [0.25, 0.3) is 12.2 Å². The number of hydrogen-bond acceptors (Lipinski definition) is 18. The summed E-state index contributed by atoms with van der Waals surface area (Å²) in [5.74, 6) is 0.704. The van der Waals surface area contributed by atoms with Gasteiger partial charge in [-0.1, -0.05) is 60.7 Å². The Morgan fingerprint density at radius 3 is 1.23 bits per heavy atom. The first-order chi connectivity index (χ1) is 28.7. The Labute approximate surface area is 402 Å². The van der Waals surface area contributed by atoms with E-state index in [1.807, 2.05) is 60.7 Å². The third-order valence-corrected chi connectivity index (χ3v) is 10.3. The summed E-state index contributed by atoms with van der Waals surface area (Å²) in [4.78, 5) is 28.7. The molecule has 0 saturated carbocycles. The van der Waals surface area contributed by atoms with E-state index in [1.54, 1.807) is 23.9 Å². The number of aliphatic hydroxyl groups is 2. The van der Waals surface area contributed by atoms with E-state index in [9.17, 15) is 36.2 Å². The Morgan fingerprint density at radius 2 is 0.887 bits per heavy atom. The molecule has 0 aliphatic rings. The van der Waals surface area contributed by atoms with Crippen LogP contribution in [0.3, 0.4) is 0 Å². The first-order valence-electron chi connectivity index (χ1n) is 18.0. The van der Waals surface area contributed by atoms with E-state index in [2.05, 4.69) is 51.2 Å². The minimum atomic E-state index is -4.86. The molecule has 314 valence electrons. The summed E-state index contributed by atoms with van der Waals surface area (Å²) in [5.41, 5.74) is 1.79. The fourth-order valence-corrected chi connectivity index (χ4v) is 6.97. The van der Waals surface area contributed by atoms with Crippen molar-refractivity contribution in [2.45, 2.75) is 9.79 Å². The van der Waals surface area contributed by atoms with Crippen molar-refractivity contribution < 1.29 is 36.2 Å². The van der Waals surface area contributed by atoms with Crippen LogP contribution in [0.5, 0.6) is 0 Å². The zero-order valence-corrected chi connectivity index (χ0v) is 39.7. The van der Waals surface area contributed by atoms with E-state index in [0.29, 0.717) is 0 Å². The molecular formula is C38H40N12Na2O8S2. The Hall–Kier alpha value is -4.82. The average molecular weight is 903 g/mol. The molecule has 0 aliphatic heterocycles. The quantitative estimate of drug-likeness (QED) is 0.0346. The SMILES string of the molecule is CN(c1ccccc1)c1nc(NCCO)nc(Nc2ccc(C=Cc3ccc(Nc4nc(NCCO)nc(N(C)c5ccccc5)n4)cc3S(=O)(=O)O)c(S(=O)(=O)O)c2)n1.[Na].[Na]. The maximum Gasteiger partial charge on any atom is 0.295 e. The van der Waals surface area contributed by atoms with Crippen LogP contribution in [-0.2, 0) is 20.2 Å². The summed E-state index contributed by atoms with van der Waals surface area (Å²) in [6.45, 7) is -0.111. The van der Waals surface area contributed by atoms with E-state index in [4.69, 9.17) is 0 Å². The van der Waals surface area contributed by atoms with E-state index in [-0.39, 0.29) is 144 Å². The Kier molecular flexibility index (Phi) is 18.1. The van der Waals surface area contributed by atoms with Crippen molar-refractivity contribution in [1.82, 2.24) is 29.9 Å². The van der Waals surface area contributed by atoms with Crippen molar-refractivity contribution in [3.63, 3.8) is 0 Å². The second-order valence-electron chi connectivity index (χ2n) is 12.7. The van der Waals surface area contributed by atoms with Gasteiger partial charge in [-0.05, 0) is 59.7 Å². The number of anilines is 10. The molecule has 0 atom stereocenters. The van der Waals surface area contributed by atoms with Gasteiger partial charge in [0.05, 0.1) is 13.2 Å². The molecule has 2 radical (unpaired) electrons. The van der Waals surface area contributed by atoms with Crippen LogP contribution < -0.4 is 31.1 Å². The Morgan fingerprint density at radius 1 is 0.532 bits per heavy atom. The van der Waals surface area contributed by atoms with Crippen molar-refractivity contribution in [1.29, 1.82) is 0 Å². The smallest absolute Gasteiger partial charge is 0.295 e. The van der Waals surface area contributed by atoms with Crippen molar-refractivity contribution in [3.05, 3.63) is 108 Å². The summed E-state index contributed by atoms with van der Waals surface area (Å²) < 4.78 is 71.1. The fourth-order valence-electron chi connectivity index (χ4n) is 5.55. The minimum absolute atomic E-state index is 0. The number of aliphatic hydroxyl groups excluding tert-OH is 2.